The second kappa shape index (κ2) is 5.79. The molecular weight excluding hydrogens is 268 g/mol. The van der Waals surface area contributed by atoms with Gasteiger partial charge in [-0.25, -0.2) is 0 Å². The zero-order chi connectivity index (χ0) is 15.6. The molecule has 0 aliphatic rings. The van der Waals surface area contributed by atoms with Crippen molar-refractivity contribution in [2.75, 3.05) is 0 Å². The van der Waals surface area contributed by atoms with E-state index in [4.69, 9.17) is 14.3 Å². The van der Waals surface area contributed by atoms with E-state index >= 15 is 0 Å². The highest BCUT2D eigenvalue weighted by Crippen LogP contribution is 2.23. The largest absolute Gasteiger partial charge is 0.481 e. The Hall–Kier alpha value is -2.62. The van der Waals surface area contributed by atoms with Crippen LogP contribution >= 0.6 is 0 Å². The lowest BCUT2D eigenvalue weighted by Crippen LogP contribution is -2.04. The maximum Gasteiger partial charge on any atom is 0.300 e. The van der Waals surface area contributed by atoms with Crippen molar-refractivity contribution in [3.63, 3.8) is 0 Å². The molecule has 4 nitrogen and oxygen atoms in total. The summed E-state index contributed by atoms with van der Waals surface area (Å²) in [6.07, 6.45) is 0. The summed E-state index contributed by atoms with van der Waals surface area (Å²) in [5.41, 5.74) is 3.37. The summed E-state index contributed by atoms with van der Waals surface area (Å²) in [6.45, 7) is 4.98. The van der Waals surface area contributed by atoms with E-state index in [-0.39, 0.29) is 5.43 Å². The quantitative estimate of drug-likeness (QED) is 0.640. The highest BCUT2D eigenvalue weighted by molar-refractivity contribution is 5.92. The van der Waals surface area contributed by atoms with Crippen LogP contribution in [0.25, 0.3) is 21.9 Å². The van der Waals surface area contributed by atoms with Crippen molar-refractivity contribution in [1.29, 1.82) is 0 Å². The van der Waals surface area contributed by atoms with Crippen LogP contribution in [0.2, 0.25) is 0 Å². The molecule has 108 valence electrons. The summed E-state index contributed by atoms with van der Waals surface area (Å²) in [7, 11) is 0. The maximum absolute atomic E-state index is 12.4. The van der Waals surface area contributed by atoms with Crippen molar-refractivity contribution in [1.82, 2.24) is 0 Å². The number of hydrogen-bond acceptors (Lipinski definition) is 3. The van der Waals surface area contributed by atoms with Crippen LogP contribution in [0.3, 0.4) is 0 Å². The van der Waals surface area contributed by atoms with E-state index in [2.05, 4.69) is 0 Å². The van der Waals surface area contributed by atoms with Gasteiger partial charge < -0.3 is 9.52 Å². The number of fused-ring (bicyclic) bond motifs is 2. The van der Waals surface area contributed by atoms with E-state index in [1.165, 1.54) is 0 Å². The number of carboxylic acid groups (broad SMARTS) is 1. The van der Waals surface area contributed by atoms with Gasteiger partial charge >= 0.3 is 0 Å². The molecule has 1 aromatic heterocycles. The van der Waals surface area contributed by atoms with Crippen molar-refractivity contribution >= 4 is 27.9 Å². The fraction of sp³-hybridized carbons (Fsp3) is 0.176. The zero-order valence-corrected chi connectivity index (χ0v) is 12.1. The van der Waals surface area contributed by atoms with Crippen LogP contribution in [-0.2, 0) is 4.79 Å². The molecule has 3 aromatic rings. The van der Waals surface area contributed by atoms with Gasteiger partial charge in [0, 0.05) is 6.92 Å². The van der Waals surface area contributed by atoms with E-state index in [0.29, 0.717) is 21.9 Å². The molecule has 0 unspecified atom stereocenters. The molecule has 0 fully saturated rings. The highest BCUT2D eigenvalue weighted by atomic mass is 16.4. The number of benzene rings is 2. The van der Waals surface area contributed by atoms with E-state index in [1.807, 2.05) is 50.2 Å². The number of carboxylic acids is 1. The molecule has 21 heavy (non-hydrogen) atoms. The van der Waals surface area contributed by atoms with Crippen molar-refractivity contribution in [2.24, 2.45) is 0 Å². The number of aryl methyl sites for hydroxylation is 2. The van der Waals surface area contributed by atoms with Crippen LogP contribution in [0.4, 0.5) is 0 Å². The van der Waals surface area contributed by atoms with Gasteiger partial charge in [-0.1, -0.05) is 24.3 Å². The van der Waals surface area contributed by atoms with Crippen LogP contribution in [0.15, 0.2) is 45.6 Å². The van der Waals surface area contributed by atoms with Crippen LogP contribution in [0, 0.1) is 13.8 Å². The second-order valence-corrected chi connectivity index (χ2v) is 4.85. The second-order valence-electron chi connectivity index (χ2n) is 4.85. The Morgan fingerprint density at radius 3 is 2.29 bits per heavy atom. The molecule has 1 heterocycles. The minimum absolute atomic E-state index is 0.0584. The van der Waals surface area contributed by atoms with Crippen LogP contribution in [0.1, 0.15) is 18.1 Å². The van der Waals surface area contributed by atoms with Crippen LogP contribution < -0.4 is 5.43 Å². The van der Waals surface area contributed by atoms with Gasteiger partial charge in [-0.15, -0.1) is 0 Å². The van der Waals surface area contributed by atoms with Crippen molar-refractivity contribution in [3.05, 3.63) is 57.7 Å². The first-order chi connectivity index (χ1) is 9.91. The molecule has 0 radical (unpaired) electrons. The number of carbonyl (C=O) groups is 1. The molecule has 0 aliphatic heterocycles. The normalized spacial score (nSPS) is 10.2. The van der Waals surface area contributed by atoms with E-state index in [9.17, 15) is 4.79 Å². The summed E-state index contributed by atoms with van der Waals surface area (Å²) >= 11 is 0. The lowest BCUT2D eigenvalue weighted by Gasteiger charge is -2.05. The Bertz CT molecular complexity index is 871. The van der Waals surface area contributed by atoms with Gasteiger partial charge in [0.15, 0.2) is 0 Å². The van der Waals surface area contributed by atoms with Crippen LogP contribution in [-0.4, -0.2) is 11.1 Å². The molecule has 0 atom stereocenters. The fourth-order valence-electron chi connectivity index (χ4n) is 2.19. The molecule has 1 N–H and O–H groups in total. The molecule has 3 rings (SSSR count). The molecule has 4 heteroatoms. The third-order valence-electron chi connectivity index (χ3n) is 3.13. The third kappa shape index (κ3) is 2.94. The Morgan fingerprint density at radius 2 is 1.62 bits per heavy atom. The van der Waals surface area contributed by atoms with Gasteiger partial charge in [-0.3, -0.25) is 9.59 Å². The Morgan fingerprint density at radius 1 is 1.05 bits per heavy atom. The predicted octanol–water partition coefficient (Wildman–Crippen LogP) is 3.65. The van der Waals surface area contributed by atoms with Crippen molar-refractivity contribution in [2.45, 2.75) is 20.8 Å². The van der Waals surface area contributed by atoms with Gasteiger partial charge in [-0.2, -0.15) is 0 Å². The minimum atomic E-state index is -0.833. The average Bonchev–Trinajstić information content (AvgIpc) is 2.42. The monoisotopic (exact) mass is 284 g/mol. The maximum atomic E-state index is 12.4. The minimum Gasteiger partial charge on any atom is -0.481 e. The molecule has 0 amide bonds. The molecule has 0 aliphatic carbocycles. The fourth-order valence-corrected chi connectivity index (χ4v) is 2.19. The summed E-state index contributed by atoms with van der Waals surface area (Å²) in [5.74, 6) is -0.833. The van der Waals surface area contributed by atoms with Gasteiger partial charge in [0.1, 0.15) is 11.2 Å². The lowest BCUT2D eigenvalue weighted by atomic mass is 10.0. The first-order valence-corrected chi connectivity index (χ1v) is 6.53. The Labute approximate surface area is 121 Å². The topological polar surface area (TPSA) is 67.5 Å². The summed E-state index contributed by atoms with van der Waals surface area (Å²) in [4.78, 5) is 21.4. The first-order valence-electron chi connectivity index (χ1n) is 6.53. The Kier molecular flexibility index (Phi) is 4.08. The SMILES string of the molecule is CC(=O)O.Cc1ccc(C)c2c(=O)c3ccccc3oc12. The zero-order valence-electron chi connectivity index (χ0n) is 12.1. The molecule has 0 spiro atoms. The molecule has 0 saturated heterocycles. The molecular formula is C17H16O4. The average molecular weight is 284 g/mol. The van der Waals surface area contributed by atoms with Crippen molar-refractivity contribution in [3.8, 4) is 0 Å². The lowest BCUT2D eigenvalue weighted by molar-refractivity contribution is -0.134. The number of aliphatic carboxylic acids is 1. The number of rotatable bonds is 0. The number of para-hydroxylation sites is 1. The first kappa shape index (κ1) is 14.8. The molecule has 0 saturated carbocycles. The highest BCUT2D eigenvalue weighted by Gasteiger charge is 2.10. The molecule has 2 aromatic carbocycles. The smallest absolute Gasteiger partial charge is 0.300 e. The van der Waals surface area contributed by atoms with E-state index in [1.54, 1.807) is 0 Å². The van der Waals surface area contributed by atoms with Gasteiger partial charge in [0.2, 0.25) is 5.43 Å². The standard InChI is InChI=1S/C15H12O2.C2H4O2/c1-9-7-8-10(2)15-13(9)14(16)11-5-3-4-6-12(11)17-15;1-2(3)4/h3-8H,1-2H3;1H3,(H,3,4). The third-order valence-corrected chi connectivity index (χ3v) is 3.13. The Balaban J connectivity index is 0.000000361. The van der Waals surface area contributed by atoms with Crippen molar-refractivity contribution < 1.29 is 14.3 Å². The van der Waals surface area contributed by atoms with E-state index in [0.717, 1.165) is 18.1 Å². The summed E-state index contributed by atoms with van der Waals surface area (Å²) in [6, 6.07) is 11.3. The van der Waals surface area contributed by atoms with Gasteiger partial charge in [-0.05, 0) is 37.1 Å². The van der Waals surface area contributed by atoms with E-state index < -0.39 is 5.97 Å². The predicted molar refractivity (Wildman–Crippen MR) is 82.8 cm³/mol. The van der Waals surface area contributed by atoms with Gasteiger partial charge in [0.25, 0.3) is 5.97 Å². The molecule has 0 bridgehead atoms. The number of hydrogen-bond donors (Lipinski definition) is 1. The van der Waals surface area contributed by atoms with Crippen LogP contribution in [0.5, 0.6) is 0 Å². The summed E-state index contributed by atoms with van der Waals surface area (Å²) < 4.78 is 5.84. The summed E-state index contributed by atoms with van der Waals surface area (Å²) in [5, 5.41) is 8.76. The van der Waals surface area contributed by atoms with Gasteiger partial charge in [0.05, 0.1) is 10.8 Å².